The molecule has 25 heavy (non-hydrogen) atoms. The topological polar surface area (TPSA) is 47.0 Å². The number of aromatic nitrogens is 2. The highest BCUT2D eigenvalue weighted by molar-refractivity contribution is 5.76. The van der Waals surface area contributed by atoms with Crippen LogP contribution in [0.1, 0.15) is 36.8 Å². The molecule has 0 spiro atoms. The molecule has 0 bridgehead atoms. The van der Waals surface area contributed by atoms with Crippen LogP contribution in [0.4, 0.5) is 0 Å². The number of hydrogen-bond donors (Lipinski definition) is 1. The molecule has 1 fully saturated rings. The quantitative estimate of drug-likeness (QED) is 0.731. The lowest BCUT2D eigenvalue weighted by Crippen LogP contribution is -2.25. The van der Waals surface area contributed by atoms with Gasteiger partial charge in [-0.3, -0.25) is 0 Å². The van der Waals surface area contributed by atoms with Crippen LogP contribution in [0.3, 0.4) is 0 Å². The van der Waals surface area contributed by atoms with Gasteiger partial charge in [0.1, 0.15) is 5.75 Å². The summed E-state index contributed by atoms with van der Waals surface area (Å²) in [6, 6.07) is 14.8. The molecule has 0 unspecified atom stereocenters. The second kappa shape index (κ2) is 7.19. The van der Waals surface area contributed by atoms with Gasteiger partial charge < -0.3 is 10.1 Å². The average molecular weight is 333 g/mol. The fourth-order valence-corrected chi connectivity index (χ4v) is 3.35. The Hall–Kier alpha value is -2.46. The number of benzene rings is 1. The lowest BCUT2D eigenvalue weighted by Gasteiger charge is -2.15. The van der Waals surface area contributed by atoms with Crippen molar-refractivity contribution in [3.05, 3.63) is 59.8 Å². The predicted octanol–water partition coefficient (Wildman–Crippen LogP) is 4.76. The number of nitrogens with zero attached hydrogens (tertiary/aromatic N) is 2. The Bertz CT molecular complexity index is 855. The summed E-state index contributed by atoms with van der Waals surface area (Å²) in [4.78, 5) is 9.03. The van der Waals surface area contributed by atoms with Crippen molar-refractivity contribution < 1.29 is 4.74 Å². The Morgan fingerprint density at radius 1 is 1.12 bits per heavy atom. The number of hydrogen-bond acceptors (Lipinski definition) is 4. The van der Waals surface area contributed by atoms with Crippen LogP contribution in [0.5, 0.6) is 11.6 Å². The van der Waals surface area contributed by atoms with E-state index < -0.39 is 0 Å². The minimum atomic E-state index is 0.608. The van der Waals surface area contributed by atoms with Gasteiger partial charge in [0, 0.05) is 29.7 Å². The Morgan fingerprint density at radius 2 is 1.92 bits per heavy atom. The molecule has 0 radical (unpaired) electrons. The maximum Gasteiger partial charge on any atom is 0.225 e. The highest BCUT2D eigenvalue weighted by Gasteiger charge is 2.16. The number of pyridine rings is 2. The Kier molecular flexibility index (Phi) is 4.61. The van der Waals surface area contributed by atoms with Gasteiger partial charge in [0.25, 0.3) is 0 Å². The van der Waals surface area contributed by atoms with Crippen LogP contribution in [-0.4, -0.2) is 16.0 Å². The molecule has 1 saturated carbocycles. The van der Waals surface area contributed by atoms with E-state index in [1.54, 1.807) is 6.20 Å². The molecule has 3 aromatic rings. The highest BCUT2D eigenvalue weighted by Crippen LogP contribution is 2.27. The van der Waals surface area contributed by atoms with Crippen molar-refractivity contribution in [3.63, 3.8) is 0 Å². The molecule has 0 atom stereocenters. The molecule has 0 aliphatic heterocycles. The molecular weight excluding hydrogens is 310 g/mol. The fourth-order valence-electron chi connectivity index (χ4n) is 3.35. The summed E-state index contributed by atoms with van der Waals surface area (Å²) in [5.41, 5.74) is 3.01. The van der Waals surface area contributed by atoms with Gasteiger partial charge in [0.15, 0.2) is 5.65 Å². The smallest absolute Gasteiger partial charge is 0.225 e. The maximum absolute atomic E-state index is 6.10. The van der Waals surface area contributed by atoms with Gasteiger partial charge in [-0.15, -0.1) is 0 Å². The van der Waals surface area contributed by atoms with Crippen molar-refractivity contribution in [1.82, 2.24) is 15.3 Å². The van der Waals surface area contributed by atoms with E-state index in [0.717, 1.165) is 23.2 Å². The third-order valence-electron chi connectivity index (χ3n) is 4.80. The molecular formula is C21H23N3O. The van der Waals surface area contributed by atoms with E-state index >= 15 is 0 Å². The summed E-state index contributed by atoms with van der Waals surface area (Å²) < 4.78 is 6.10. The summed E-state index contributed by atoms with van der Waals surface area (Å²) in [7, 11) is 0. The monoisotopic (exact) mass is 333 g/mol. The van der Waals surface area contributed by atoms with E-state index in [0.29, 0.717) is 17.6 Å². The minimum Gasteiger partial charge on any atom is -0.439 e. The lowest BCUT2D eigenvalue weighted by molar-refractivity contribution is 0.448. The molecule has 4 nitrogen and oxygen atoms in total. The van der Waals surface area contributed by atoms with Crippen LogP contribution in [-0.2, 0) is 6.54 Å². The standard InChI is InChI=1S/C21H23N3O/c1-15-8-10-19(11-9-15)25-21-17(14-23-18-6-2-3-7-18)13-16-5-4-12-22-20(16)24-21/h4-5,8-13,18,23H,2-3,6-7,14H2,1H3. The van der Waals surface area contributed by atoms with Crippen LogP contribution in [0.2, 0.25) is 0 Å². The average Bonchev–Trinajstić information content (AvgIpc) is 3.15. The van der Waals surface area contributed by atoms with E-state index in [-0.39, 0.29) is 0 Å². The van der Waals surface area contributed by atoms with E-state index in [1.165, 1.54) is 31.2 Å². The summed E-state index contributed by atoms with van der Waals surface area (Å²) in [5.74, 6) is 1.44. The van der Waals surface area contributed by atoms with Crippen LogP contribution in [0, 0.1) is 6.92 Å². The van der Waals surface area contributed by atoms with E-state index in [1.807, 2.05) is 36.4 Å². The summed E-state index contributed by atoms with van der Waals surface area (Å²) in [6.45, 7) is 2.84. The molecule has 4 heteroatoms. The molecule has 2 heterocycles. The first-order valence-electron chi connectivity index (χ1n) is 9.00. The van der Waals surface area contributed by atoms with Gasteiger partial charge in [0.05, 0.1) is 0 Å². The van der Waals surface area contributed by atoms with Crippen LogP contribution < -0.4 is 10.1 Å². The van der Waals surface area contributed by atoms with Crippen LogP contribution in [0.15, 0.2) is 48.7 Å². The molecule has 1 aliphatic rings. The minimum absolute atomic E-state index is 0.608. The zero-order chi connectivity index (χ0) is 17.1. The normalized spacial score (nSPS) is 14.9. The Labute approximate surface area is 148 Å². The molecule has 2 aromatic heterocycles. The first-order chi connectivity index (χ1) is 12.3. The van der Waals surface area contributed by atoms with Crippen molar-refractivity contribution in [2.45, 2.75) is 45.2 Å². The highest BCUT2D eigenvalue weighted by atomic mass is 16.5. The Balaban J connectivity index is 1.63. The number of fused-ring (bicyclic) bond motifs is 1. The number of nitrogens with one attached hydrogen (secondary N) is 1. The number of rotatable bonds is 5. The van der Waals surface area contributed by atoms with Gasteiger partial charge in [-0.25, -0.2) is 4.98 Å². The third-order valence-corrected chi connectivity index (χ3v) is 4.80. The van der Waals surface area contributed by atoms with Gasteiger partial charge in [-0.1, -0.05) is 30.5 Å². The molecule has 1 aromatic carbocycles. The maximum atomic E-state index is 6.10. The van der Waals surface area contributed by atoms with Gasteiger partial charge >= 0.3 is 0 Å². The lowest BCUT2D eigenvalue weighted by atomic mass is 10.1. The van der Waals surface area contributed by atoms with Gasteiger partial charge in [-0.05, 0) is 50.1 Å². The molecule has 0 saturated heterocycles. The largest absolute Gasteiger partial charge is 0.439 e. The summed E-state index contributed by atoms with van der Waals surface area (Å²) >= 11 is 0. The van der Waals surface area contributed by atoms with Crippen molar-refractivity contribution in [3.8, 4) is 11.6 Å². The van der Waals surface area contributed by atoms with Crippen molar-refractivity contribution in [1.29, 1.82) is 0 Å². The van der Waals surface area contributed by atoms with Crippen molar-refractivity contribution in [2.75, 3.05) is 0 Å². The van der Waals surface area contributed by atoms with E-state index in [2.05, 4.69) is 28.3 Å². The molecule has 4 rings (SSSR count). The number of aryl methyl sites for hydroxylation is 1. The second-order valence-electron chi connectivity index (χ2n) is 6.78. The van der Waals surface area contributed by atoms with Crippen molar-refractivity contribution in [2.24, 2.45) is 0 Å². The van der Waals surface area contributed by atoms with Crippen LogP contribution in [0.25, 0.3) is 11.0 Å². The van der Waals surface area contributed by atoms with E-state index in [4.69, 9.17) is 4.74 Å². The SMILES string of the molecule is Cc1ccc(Oc2nc3ncccc3cc2CNC2CCCC2)cc1. The molecule has 1 N–H and O–H groups in total. The summed E-state index contributed by atoms with van der Waals surface area (Å²) in [6.07, 6.45) is 6.93. The molecule has 1 aliphatic carbocycles. The third kappa shape index (κ3) is 3.80. The zero-order valence-corrected chi connectivity index (χ0v) is 14.5. The summed E-state index contributed by atoms with van der Waals surface area (Å²) in [5, 5.41) is 4.70. The van der Waals surface area contributed by atoms with Gasteiger partial charge in [0.2, 0.25) is 5.88 Å². The van der Waals surface area contributed by atoms with Crippen molar-refractivity contribution >= 4 is 11.0 Å². The predicted molar refractivity (Wildman–Crippen MR) is 99.9 cm³/mol. The Morgan fingerprint density at radius 3 is 2.72 bits per heavy atom. The second-order valence-corrected chi connectivity index (χ2v) is 6.78. The molecule has 128 valence electrons. The molecule has 0 amide bonds. The zero-order valence-electron chi connectivity index (χ0n) is 14.5. The van der Waals surface area contributed by atoms with E-state index in [9.17, 15) is 0 Å². The number of ether oxygens (including phenoxy) is 1. The van der Waals surface area contributed by atoms with Gasteiger partial charge in [-0.2, -0.15) is 4.98 Å². The first kappa shape index (κ1) is 16.0. The van der Waals surface area contributed by atoms with Crippen LogP contribution >= 0.6 is 0 Å². The fraction of sp³-hybridized carbons (Fsp3) is 0.333. The first-order valence-corrected chi connectivity index (χ1v) is 9.00.